The van der Waals surface area contributed by atoms with E-state index in [1.807, 2.05) is 13.8 Å². The lowest BCUT2D eigenvalue weighted by atomic mass is 10.3. The average Bonchev–Trinajstić information content (AvgIpc) is 2.65. The molecule has 2 aromatic rings. The molecule has 0 bridgehead atoms. The van der Waals surface area contributed by atoms with Gasteiger partial charge in [-0.1, -0.05) is 12.2 Å². The number of rotatable bonds is 2. The monoisotopic (exact) mass is 294 g/mol. The first-order valence-corrected chi connectivity index (χ1v) is 6.31. The molecule has 0 amide bonds. The quantitative estimate of drug-likeness (QED) is 0.514. The van der Waals surface area contributed by atoms with Gasteiger partial charge < -0.3 is 0 Å². The average molecular weight is 294 g/mol. The Labute approximate surface area is 120 Å². The number of aryl methyl sites for hydroxylation is 1. The SMILES string of the molecule is Cc1nn(C(=S)S)c(C)c1N=Nc1ccc(F)cc1. The highest BCUT2D eigenvalue weighted by atomic mass is 32.1. The van der Waals surface area contributed by atoms with Gasteiger partial charge in [-0.25, -0.2) is 9.07 Å². The van der Waals surface area contributed by atoms with Gasteiger partial charge in [-0.15, -0.1) is 17.7 Å². The van der Waals surface area contributed by atoms with Crippen LogP contribution in [-0.2, 0) is 0 Å². The van der Waals surface area contributed by atoms with Crippen molar-refractivity contribution in [2.75, 3.05) is 0 Å². The molecule has 0 radical (unpaired) electrons. The zero-order chi connectivity index (χ0) is 14.0. The van der Waals surface area contributed by atoms with Gasteiger partial charge in [0.25, 0.3) is 0 Å². The van der Waals surface area contributed by atoms with Crippen molar-refractivity contribution in [2.24, 2.45) is 10.2 Å². The maximum atomic E-state index is 12.8. The third-order valence-electron chi connectivity index (χ3n) is 2.53. The Morgan fingerprint density at radius 3 is 2.42 bits per heavy atom. The lowest BCUT2D eigenvalue weighted by Crippen LogP contribution is -2.05. The number of thiol groups is 1. The minimum Gasteiger partial charge on any atom is -0.218 e. The third kappa shape index (κ3) is 3.05. The molecule has 0 unspecified atom stereocenters. The summed E-state index contributed by atoms with van der Waals surface area (Å²) in [6.07, 6.45) is 0. The second-order valence-electron chi connectivity index (χ2n) is 3.89. The highest BCUT2D eigenvalue weighted by molar-refractivity contribution is 8.11. The normalized spacial score (nSPS) is 11.2. The first-order chi connectivity index (χ1) is 8.99. The topological polar surface area (TPSA) is 42.5 Å². The first-order valence-electron chi connectivity index (χ1n) is 5.46. The molecule has 0 atom stereocenters. The Morgan fingerprint density at radius 1 is 1.26 bits per heavy atom. The van der Waals surface area contributed by atoms with E-state index in [0.29, 0.717) is 21.4 Å². The van der Waals surface area contributed by atoms with Crippen molar-refractivity contribution >= 4 is 40.5 Å². The Morgan fingerprint density at radius 2 is 1.89 bits per heavy atom. The van der Waals surface area contributed by atoms with Crippen molar-refractivity contribution in [1.82, 2.24) is 9.78 Å². The van der Waals surface area contributed by atoms with Crippen molar-refractivity contribution in [2.45, 2.75) is 13.8 Å². The van der Waals surface area contributed by atoms with Crippen LogP contribution < -0.4 is 0 Å². The summed E-state index contributed by atoms with van der Waals surface area (Å²) in [5, 5.41) is 12.4. The molecule has 19 heavy (non-hydrogen) atoms. The van der Waals surface area contributed by atoms with Gasteiger partial charge >= 0.3 is 0 Å². The van der Waals surface area contributed by atoms with Crippen molar-refractivity contribution in [3.63, 3.8) is 0 Å². The number of thiocarbonyl (C=S) groups is 1. The number of azo groups is 1. The molecule has 2 rings (SSSR count). The number of hydrogen-bond donors (Lipinski definition) is 1. The van der Waals surface area contributed by atoms with E-state index in [1.54, 1.807) is 12.1 Å². The van der Waals surface area contributed by atoms with Gasteiger partial charge in [-0.2, -0.15) is 10.2 Å². The minimum absolute atomic E-state index is 0.306. The fraction of sp³-hybridized carbons (Fsp3) is 0.167. The van der Waals surface area contributed by atoms with Crippen molar-refractivity contribution in [3.05, 3.63) is 41.5 Å². The van der Waals surface area contributed by atoms with Crippen LogP contribution in [0, 0.1) is 19.7 Å². The summed E-state index contributed by atoms with van der Waals surface area (Å²) >= 11 is 9.05. The molecular weight excluding hydrogens is 283 g/mol. The predicted octanol–water partition coefficient (Wildman–Crippen LogP) is 4.12. The second kappa shape index (κ2) is 5.58. The third-order valence-corrected chi connectivity index (χ3v) is 2.89. The van der Waals surface area contributed by atoms with Crippen LogP contribution in [0.1, 0.15) is 11.4 Å². The summed E-state index contributed by atoms with van der Waals surface area (Å²) in [6.45, 7) is 3.65. The van der Waals surface area contributed by atoms with E-state index in [4.69, 9.17) is 12.2 Å². The van der Waals surface area contributed by atoms with Gasteiger partial charge in [0.2, 0.25) is 0 Å². The van der Waals surface area contributed by atoms with E-state index in [0.717, 1.165) is 5.69 Å². The smallest absolute Gasteiger partial charge is 0.158 e. The van der Waals surface area contributed by atoms with Crippen molar-refractivity contribution in [3.8, 4) is 0 Å². The van der Waals surface area contributed by atoms with E-state index in [-0.39, 0.29) is 5.82 Å². The van der Waals surface area contributed by atoms with E-state index < -0.39 is 0 Å². The van der Waals surface area contributed by atoms with Crippen LogP contribution >= 0.6 is 24.8 Å². The molecule has 0 spiro atoms. The van der Waals surface area contributed by atoms with Crippen LogP contribution in [0.4, 0.5) is 15.8 Å². The molecule has 7 heteroatoms. The summed E-state index contributed by atoms with van der Waals surface area (Å²) in [6, 6.07) is 5.77. The van der Waals surface area contributed by atoms with Crippen LogP contribution in [0.3, 0.4) is 0 Å². The Kier molecular flexibility index (Phi) is 4.06. The highest BCUT2D eigenvalue weighted by Gasteiger charge is 2.12. The molecule has 0 aliphatic heterocycles. The first kappa shape index (κ1) is 13.8. The Bertz CT molecular complexity index is 646. The Balaban J connectivity index is 2.33. The van der Waals surface area contributed by atoms with E-state index in [9.17, 15) is 4.39 Å². The molecule has 0 saturated heterocycles. The van der Waals surface area contributed by atoms with Crippen molar-refractivity contribution < 1.29 is 4.39 Å². The van der Waals surface area contributed by atoms with Crippen LogP contribution in [-0.4, -0.2) is 14.1 Å². The highest BCUT2D eigenvalue weighted by Crippen LogP contribution is 2.26. The van der Waals surface area contributed by atoms with Gasteiger partial charge in [-0.05, 0) is 38.1 Å². The molecule has 0 saturated carbocycles. The number of benzene rings is 1. The largest absolute Gasteiger partial charge is 0.218 e. The summed E-state index contributed by atoms with van der Waals surface area (Å²) < 4.78 is 14.6. The zero-order valence-electron chi connectivity index (χ0n) is 10.3. The van der Waals surface area contributed by atoms with Crippen molar-refractivity contribution in [1.29, 1.82) is 0 Å². The maximum absolute atomic E-state index is 12.8. The van der Waals surface area contributed by atoms with Crippen LogP contribution in [0.2, 0.25) is 0 Å². The molecule has 1 aromatic carbocycles. The molecule has 0 N–H and O–H groups in total. The molecule has 0 fully saturated rings. The maximum Gasteiger partial charge on any atom is 0.158 e. The van der Waals surface area contributed by atoms with E-state index >= 15 is 0 Å². The van der Waals surface area contributed by atoms with Crippen LogP contribution in [0.25, 0.3) is 0 Å². The Hall–Kier alpha value is -1.60. The molecule has 4 nitrogen and oxygen atoms in total. The summed E-state index contributed by atoms with van der Waals surface area (Å²) in [7, 11) is 0. The van der Waals surface area contributed by atoms with Crippen LogP contribution in [0.5, 0.6) is 0 Å². The number of hydrogen-bond acceptors (Lipinski definition) is 4. The predicted molar refractivity (Wildman–Crippen MR) is 79.3 cm³/mol. The summed E-state index contributed by atoms with van der Waals surface area (Å²) in [5.74, 6) is -0.306. The van der Waals surface area contributed by atoms with Gasteiger partial charge in [0.15, 0.2) is 4.32 Å². The standard InChI is InChI=1S/C12H11FN4S2/c1-7-11(8(2)17(16-7)12(18)19)15-14-10-5-3-9(13)4-6-10/h3-6H,1-2H3,(H,18,19). The van der Waals surface area contributed by atoms with Crippen LogP contribution in [0.15, 0.2) is 34.5 Å². The molecular formula is C12H11FN4S2. The molecule has 1 heterocycles. The fourth-order valence-electron chi connectivity index (χ4n) is 1.58. The number of aromatic nitrogens is 2. The molecule has 98 valence electrons. The summed E-state index contributed by atoms with van der Waals surface area (Å²) in [4.78, 5) is 0. The molecule has 0 aliphatic rings. The fourth-order valence-corrected chi connectivity index (χ4v) is 1.95. The zero-order valence-corrected chi connectivity index (χ0v) is 12.0. The van der Waals surface area contributed by atoms with E-state index in [2.05, 4.69) is 28.0 Å². The summed E-state index contributed by atoms with van der Waals surface area (Å²) in [5.41, 5.74) is 2.69. The lowest BCUT2D eigenvalue weighted by Gasteiger charge is -1.98. The van der Waals surface area contributed by atoms with Gasteiger partial charge in [0.05, 0.1) is 17.1 Å². The van der Waals surface area contributed by atoms with Gasteiger partial charge in [0.1, 0.15) is 11.5 Å². The van der Waals surface area contributed by atoms with E-state index in [1.165, 1.54) is 16.8 Å². The molecule has 1 aromatic heterocycles. The lowest BCUT2D eigenvalue weighted by molar-refractivity contribution is 0.628. The van der Waals surface area contributed by atoms with Gasteiger partial charge in [-0.3, -0.25) is 0 Å². The second-order valence-corrected chi connectivity index (χ2v) is 5.00. The van der Waals surface area contributed by atoms with Gasteiger partial charge in [0, 0.05) is 0 Å². The number of halogens is 1. The number of nitrogens with zero attached hydrogens (tertiary/aromatic N) is 4. The minimum atomic E-state index is -0.306. The molecule has 0 aliphatic carbocycles.